The number of hydrogen-bond donors (Lipinski definition) is 1. The summed E-state index contributed by atoms with van der Waals surface area (Å²) in [5.74, 6) is 1.01. The molecule has 3 aliphatic rings. The zero-order valence-corrected chi connectivity index (χ0v) is 17.0. The van der Waals surface area contributed by atoms with E-state index in [1.54, 1.807) is 0 Å². The van der Waals surface area contributed by atoms with Gasteiger partial charge in [-0.2, -0.15) is 15.2 Å². The number of anilines is 1. The highest BCUT2D eigenvalue weighted by atomic mass is 16.5. The standard InChI is InChI=1S/C20H31N7O/c1-25-9-3-4-16(25)14-28-20-23-18-12-22-8-6-17(18)19(24-20)27-11-10-26(2)15(13-27)5-7-21/h15-16,22H,3-6,8-14H2,1-2H3/t15-,16+/m0/s1. The van der Waals surface area contributed by atoms with E-state index in [0.29, 0.717) is 25.1 Å². The molecule has 0 radical (unpaired) electrons. The Kier molecular flexibility index (Phi) is 5.95. The van der Waals surface area contributed by atoms with Crippen LogP contribution in [0.2, 0.25) is 0 Å². The highest BCUT2D eigenvalue weighted by Crippen LogP contribution is 2.28. The van der Waals surface area contributed by atoms with Crippen LogP contribution >= 0.6 is 0 Å². The molecule has 0 spiro atoms. The van der Waals surface area contributed by atoms with Crippen molar-refractivity contribution in [3.63, 3.8) is 0 Å². The summed E-state index contributed by atoms with van der Waals surface area (Å²) in [4.78, 5) is 16.6. The minimum Gasteiger partial charge on any atom is -0.462 e. The van der Waals surface area contributed by atoms with Crippen LogP contribution in [0.25, 0.3) is 0 Å². The molecule has 4 heterocycles. The molecule has 0 amide bonds. The average Bonchev–Trinajstić information content (AvgIpc) is 3.12. The number of hydrogen-bond acceptors (Lipinski definition) is 8. The van der Waals surface area contributed by atoms with Gasteiger partial charge in [0.25, 0.3) is 0 Å². The first-order valence-corrected chi connectivity index (χ1v) is 10.4. The van der Waals surface area contributed by atoms with E-state index in [9.17, 15) is 5.26 Å². The fourth-order valence-electron chi connectivity index (χ4n) is 4.47. The van der Waals surface area contributed by atoms with Gasteiger partial charge in [-0.15, -0.1) is 0 Å². The predicted octanol–water partition coefficient (Wildman–Crippen LogP) is 0.629. The Morgan fingerprint density at radius 2 is 2.04 bits per heavy atom. The normalized spacial score (nSPS) is 26.1. The van der Waals surface area contributed by atoms with E-state index in [1.807, 2.05) is 0 Å². The summed E-state index contributed by atoms with van der Waals surface area (Å²) in [6.07, 6.45) is 3.88. The lowest BCUT2D eigenvalue weighted by molar-refractivity contribution is 0.186. The maximum Gasteiger partial charge on any atom is 0.318 e. The third-order valence-corrected chi connectivity index (χ3v) is 6.37. The van der Waals surface area contributed by atoms with Crippen LogP contribution < -0.4 is 15.0 Å². The largest absolute Gasteiger partial charge is 0.462 e. The van der Waals surface area contributed by atoms with Crippen LogP contribution in [0.3, 0.4) is 0 Å². The number of rotatable bonds is 5. The minimum atomic E-state index is 0.239. The lowest BCUT2D eigenvalue weighted by Gasteiger charge is -2.40. The third kappa shape index (κ3) is 4.07. The van der Waals surface area contributed by atoms with Crippen molar-refractivity contribution in [1.29, 1.82) is 5.26 Å². The van der Waals surface area contributed by atoms with Gasteiger partial charge >= 0.3 is 6.01 Å². The van der Waals surface area contributed by atoms with Crippen molar-refractivity contribution in [3.8, 4) is 12.1 Å². The Labute approximate surface area is 167 Å². The zero-order chi connectivity index (χ0) is 19.5. The number of ether oxygens (including phenoxy) is 1. The number of likely N-dealkylation sites (N-methyl/N-ethyl adjacent to an activating group) is 2. The summed E-state index contributed by atoms with van der Waals surface area (Å²) < 4.78 is 6.07. The number of nitriles is 1. The van der Waals surface area contributed by atoms with Gasteiger partial charge < -0.3 is 19.9 Å². The molecule has 8 nitrogen and oxygen atoms in total. The van der Waals surface area contributed by atoms with Crippen molar-refractivity contribution in [1.82, 2.24) is 25.1 Å². The molecule has 1 N–H and O–H groups in total. The van der Waals surface area contributed by atoms with Crippen molar-refractivity contribution >= 4 is 5.82 Å². The number of nitrogens with one attached hydrogen (secondary N) is 1. The van der Waals surface area contributed by atoms with Gasteiger partial charge in [-0.25, -0.2) is 0 Å². The van der Waals surface area contributed by atoms with Gasteiger partial charge in [-0.05, 0) is 46.4 Å². The van der Waals surface area contributed by atoms with Gasteiger partial charge in [0.2, 0.25) is 0 Å². The molecule has 0 aliphatic carbocycles. The van der Waals surface area contributed by atoms with Gasteiger partial charge in [0.1, 0.15) is 12.4 Å². The van der Waals surface area contributed by atoms with Gasteiger partial charge in [0, 0.05) is 43.8 Å². The summed E-state index contributed by atoms with van der Waals surface area (Å²) in [6.45, 7) is 6.17. The molecule has 0 saturated carbocycles. The molecule has 2 atom stereocenters. The highest BCUT2D eigenvalue weighted by molar-refractivity contribution is 5.51. The van der Waals surface area contributed by atoms with Crippen LogP contribution in [0.4, 0.5) is 5.82 Å². The van der Waals surface area contributed by atoms with E-state index < -0.39 is 0 Å². The van der Waals surface area contributed by atoms with E-state index in [1.165, 1.54) is 18.4 Å². The van der Waals surface area contributed by atoms with Crippen molar-refractivity contribution in [2.24, 2.45) is 0 Å². The van der Waals surface area contributed by atoms with Crippen molar-refractivity contribution in [3.05, 3.63) is 11.3 Å². The molecule has 3 aliphatic heterocycles. The Hall–Kier alpha value is -1.95. The first-order valence-electron chi connectivity index (χ1n) is 10.4. The summed E-state index contributed by atoms with van der Waals surface area (Å²) in [5.41, 5.74) is 2.30. The van der Waals surface area contributed by atoms with E-state index >= 15 is 0 Å². The van der Waals surface area contributed by atoms with Crippen molar-refractivity contribution in [2.45, 2.75) is 44.3 Å². The van der Waals surface area contributed by atoms with E-state index in [4.69, 9.17) is 14.7 Å². The molecule has 8 heteroatoms. The summed E-state index contributed by atoms with van der Waals surface area (Å²) in [7, 11) is 4.26. The van der Waals surface area contributed by atoms with Crippen LogP contribution in [0.5, 0.6) is 6.01 Å². The molecule has 2 saturated heterocycles. The Morgan fingerprint density at radius 1 is 1.18 bits per heavy atom. The average molecular weight is 386 g/mol. The summed E-state index contributed by atoms with van der Waals surface area (Å²) in [6, 6.07) is 3.51. The Bertz CT molecular complexity index is 734. The smallest absolute Gasteiger partial charge is 0.318 e. The fraction of sp³-hybridized carbons (Fsp3) is 0.750. The maximum absolute atomic E-state index is 9.17. The maximum atomic E-state index is 9.17. The first-order chi connectivity index (χ1) is 13.7. The fourth-order valence-corrected chi connectivity index (χ4v) is 4.47. The number of piperazine rings is 1. The summed E-state index contributed by atoms with van der Waals surface area (Å²) >= 11 is 0. The van der Waals surface area contributed by atoms with E-state index in [0.717, 1.165) is 57.2 Å². The molecule has 2 fully saturated rings. The van der Waals surface area contributed by atoms with Gasteiger partial charge in [0.05, 0.1) is 18.2 Å². The Morgan fingerprint density at radius 3 is 2.82 bits per heavy atom. The molecule has 4 rings (SSSR count). The predicted molar refractivity (Wildman–Crippen MR) is 107 cm³/mol. The van der Waals surface area contributed by atoms with Crippen molar-refractivity contribution in [2.75, 3.05) is 58.3 Å². The van der Waals surface area contributed by atoms with Crippen LogP contribution in [0.15, 0.2) is 0 Å². The third-order valence-electron chi connectivity index (χ3n) is 6.37. The lowest BCUT2D eigenvalue weighted by atomic mass is 10.0. The number of likely N-dealkylation sites (tertiary alicyclic amines) is 1. The quantitative estimate of drug-likeness (QED) is 0.791. The zero-order valence-electron chi connectivity index (χ0n) is 17.0. The van der Waals surface area contributed by atoms with Crippen LogP contribution in [0.1, 0.15) is 30.5 Å². The van der Waals surface area contributed by atoms with Crippen LogP contribution in [0, 0.1) is 11.3 Å². The molecule has 0 aromatic carbocycles. The summed E-state index contributed by atoms with van der Waals surface area (Å²) in [5, 5.41) is 12.6. The molecule has 0 unspecified atom stereocenters. The second kappa shape index (κ2) is 8.60. The van der Waals surface area contributed by atoms with Crippen LogP contribution in [-0.4, -0.2) is 85.3 Å². The van der Waals surface area contributed by atoms with Crippen molar-refractivity contribution < 1.29 is 4.74 Å². The second-order valence-corrected chi connectivity index (χ2v) is 8.21. The SMILES string of the molecule is CN1CCC[C@@H]1COc1nc2c(c(N3CCN(C)[C@@H](CC#N)C3)n1)CCNC2. The molecule has 28 heavy (non-hydrogen) atoms. The highest BCUT2D eigenvalue weighted by Gasteiger charge is 2.29. The Balaban J connectivity index is 1.56. The van der Waals surface area contributed by atoms with E-state index in [-0.39, 0.29) is 6.04 Å². The molecule has 152 valence electrons. The van der Waals surface area contributed by atoms with Gasteiger partial charge in [0.15, 0.2) is 0 Å². The lowest BCUT2D eigenvalue weighted by Crippen LogP contribution is -2.52. The monoisotopic (exact) mass is 385 g/mol. The molecule has 0 bridgehead atoms. The van der Waals surface area contributed by atoms with E-state index in [2.05, 4.69) is 40.2 Å². The minimum absolute atomic E-state index is 0.239. The number of aromatic nitrogens is 2. The molecular formula is C20H31N7O. The number of fused-ring (bicyclic) bond motifs is 1. The first kappa shape index (κ1) is 19.4. The molecule has 1 aromatic heterocycles. The number of nitrogens with zero attached hydrogens (tertiary/aromatic N) is 6. The topological polar surface area (TPSA) is 80.6 Å². The molecular weight excluding hydrogens is 354 g/mol. The van der Waals surface area contributed by atoms with Gasteiger partial charge in [-0.1, -0.05) is 0 Å². The van der Waals surface area contributed by atoms with Gasteiger partial charge in [-0.3, -0.25) is 4.90 Å². The van der Waals surface area contributed by atoms with Crippen LogP contribution in [-0.2, 0) is 13.0 Å². The second-order valence-electron chi connectivity index (χ2n) is 8.21. The molecule has 1 aromatic rings.